The third-order valence-electron chi connectivity index (χ3n) is 7.54. The summed E-state index contributed by atoms with van der Waals surface area (Å²) < 4.78 is 0. The van der Waals surface area contributed by atoms with Crippen molar-refractivity contribution in [3.8, 4) is 11.3 Å². The minimum absolute atomic E-state index is 0. The summed E-state index contributed by atoms with van der Waals surface area (Å²) in [5.41, 5.74) is 4.43. The molecule has 0 bridgehead atoms. The molecule has 2 fully saturated rings. The van der Waals surface area contributed by atoms with Crippen molar-refractivity contribution < 1.29 is 30.3 Å². The number of aromatic nitrogens is 1. The molecule has 6 atom stereocenters. The standard InChI is InChI=1S/C18H16N.C11H20O2.Ir/c1-13(2)15-9-6-10-18-16(15)11-12-17(19-18)14-7-4-3-5-8-14;1-6-3-4-8-5-7(2)11(13)9(8)10(6)12;/h3-7,9-13H,1-2H3;6-13H,3-5H2,1-2H3;/q-1;;/t;6-,7+,8?,9?,10?,11?;/m.0./s1. The van der Waals surface area contributed by atoms with Gasteiger partial charge in [-0.15, -0.1) is 35.9 Å². The molecule has 2 N–H and O–H groups in total. The third kappa shape index (κ3) is 5.57. The van der Waals surface area contributed by atoms with E-state index in [0.29, 0.717) is 23.7 Å². The summed E-state index contributed by atoms with van der Waals surface area (Å²) in [4.78, 5) is 4.76. The van der Waals surface area contributed by atoms with Crippen molar-refractivity contribution in [1.82, 2.24) is 4.98 Å². The van der Waals surface area contributed by atoms with Gasteiger partial charge in [-0.3, -0.25) is 4.98 Å². The van der Waals surface area contributed by atoms with E-state index >= 15 is 0 Å². The Labute approximate surface area is 212 Å². The van der Waals surface area contributed by atoms with Crippen LogP contribution in [0.3, 0.4) is 0 Å². The summed E-state index contributed by atoms with van der Waals surface area (Å²) in [6.45, 7) is 8.62. The van der Waals surface area contributed by atoms with Gasteiger partial charge in [-0.05, 0) is 60.3 Å². The number of nitrogens with zero attached hydrogens (tertiary/aromatic N) is 1. The van der Waals surface area contributed by atoms with Crippen LogP contribution in [0.5, 0.6) is 0 Å². The quantitative estimate of drug-likeness (QED) is 0.333. The van der Waals surface area contributed by atoms with E-state index in [-0.39, 0.29) is 38.2 Å². The summed E-state index contributed by atoms with van der Waals surface area (Å²) >= 11 is 0. The molecule has 0 amide bonds. The number of fused-ring (bicyclic) bond motifs is 2. The smallest absolute Gasteiger partial charge is 0.0621 e. The van der Waals surface area contributed by atoms with Gasteiger partial charge >= 0.3 is 0 Å². The molecular weight excluding hydrogens is 587 g/mol. The number of hydrogen-bond donors (Lipinski definition) is 2. The van der Waals surface area contributed by atoms with Crippen LogP contribution in [0.2, 0.25) is 0 Å². The van der Waals surface area contributed by atoms with E-state index in [1.807, 2.05) is 24.3 Å². The molecule has 0 spiro atoms. The molecule has 0 aliphatic heterocycles. The summed E-state index contributed by atoms with van der Waals surface area (Å²) in [6.07, 6.45) is 2.91. The zero-order valence-electron chi connectivity index (χ0n) is 20.0. The molecule has 2 aliphatic carbocycles. The fourth-order valence-electron chi connectivity index (χ4n) is 5.64. The van der Waals surface area contributed by atoms with Crippen LogP contribution >= 0.6 is 0 Å². The Morgan fingerprint density at radius 1 is 0.909 bits per heavy atom. The summed E-state index contributed by atoms with van der Waals surface area (Å²) in [5, 5.41) is 21.1. The van der Waals surface area contributed by atoms with E-state index in [0.717, 1.165) is 29.6 Å². The predicted molar refractivity (Wildman–Crippen MR) is 131 cm³/mol. The second-order valence-corrected chi connectivity index (χ2v) is 10.1. The van der Waals surface area contributed by atoms with Crippen molar-refractivity contribution in [2.45, 2.75) is 65.1 Å². The van der Waals surface area contributed by atoms with E-state index in [1.165, 1.54) is 17.4 Å². The number of aliphatic hydroxyl groups excluding tert-OH is 2. The average Bonchev–Trinajstić information content (AvgIpc) is 3.10. The molecule has 2 aromatic carbocycles. The average molecular weight is 623 g/mol. The molecule has 3 nitrogen and oxygen atoms in total. The molecule has 33 heavy (non-hydrogen) atoms. The molecule has 3 aromatic rings. The van der Waals surface area contributed by atoms with Crippen molar-refractivity contribution in [2.24, 2.45) is 23.7 Å². The van der Waals surface area contributed by atoms with Crippen LogP contribution in [0.1, 0.15) is 58.4 Å². The fourth-order valence-corrected chi connectivity index (χ4v) is 5.64. The van der Waals surface area contributed by atoms with Gasteiger partial charge in [0.1, 0.15) is 0 Å². The Morgan fingerprint density at radius 3 is 2.36 bits per heavy atom. The maximum absolute atomic E-state index is 9.98. The normalized spacial score (nSPS) is 28.6. The molecule has 1 heterocycles. The van der Waals surface area contributed by atoms with Crippen LogP contribution in [0, 0.1) is 29.7 Å². The first-order valence-corrected chi connectivity index (χ1v) is 12.1. The number of rotatable bonds is 2. The van der Waals surface area contributed by atoms with Gasteiger partial charge in [0, 0.05) is 31.4 Å². The first kappa shape index (κ1) is 26.0. The van der Waals surface area contributed by atoms with E-state index in [2.05, 4.69) is 64.1 Å². The van der Waals surface area contributed by atoms with E-state index < -0.39 is 0 Å². The zero-order chi connectivity index (χ0) is 22.8. The number of pyridine rings is 1. The van der Waals surface area contributed by atoms with Crippen LogP contribution in [0.25, 0.3) is 22.2 Å². The van der Waals surface area contributed by atoms with Crippen molar-refractivity contribution >= 4 is 10.9 Å². The van der Waals surface area contributed by atoms with Gasteiger partial charge in [-0.25, -0.2) is 0 Å². The van der Waals surface area contributed by atoms with Crippen LogP contribution in [-0.2, 0) is 20.1 Å². The van der Waals surface area contributed by atoms with Gasteiger partial charge in [0.15, 0.2) is 0 Å². The SMILES string of the molecule is CC(C)c1cccc2nc(-c3[c-]cccc3)ccc12.C[C@@H]1CC2CC[C@H](C)C(O)C2C1O.[Ir]. The number of hydrogen-bond acceptors (Lipinski definition) is 3. The molecule has 2 aliphatic rings. The van der Waals surface area contributed by atoms with Crippen LogP contribution in [0.15, 0.2) is 54.6 Å². The number of aliphatic hydroxyl groups is 2. The molecule has 4 heteroatoms. The Hall–Kier alpha value is -1.58. The molecular formula is C29H36IrNO2-. The Balaban J connectivity index is 0.000000192. The predicted octanol–water partition coefficient (Wildman–Crippen LogP) is 6.23. The van der Waals surface area contributed by atoms with Gasteiger partial charge in [0.25, 0.3) is 0 Å². The maximum Gasteiger partial charge on any atom is 0.0621 e. The van der Waals surface area contributed by atoms with E-state index in [4.69, 9.17) is 4.98 Å². The molecule has 0 saturated heterocycles. The second kappa shape index (κ2) is 11.2. The second-order valence-electron chi connectivity index (χ2n) is 10.1. The monoisotopic (exact) mass is 623 g/mol. The van der Waals surface area contributed by atoms with Gasteiger partial charge in [-0.2, -0.15) is 0 Å². The van der Waals surface area contributed by atoms with Crippen LogP contribution < -0.4 is 0 Å². The Kier molecular flexibility index (Phi) is 8.86. The van der Waals surface area contributed by atoms with Crippen LogP contribution in [-0.4, -0.2) is 27.4 Å². The van der Waals surface area contributed by atoms with Gasteiger partial charge < -0.3 is 10.2 Å². The van der Waals surface area contributed by atoms with Crippen molar-refractivity contribution in [1.29, 1.82) is 0 Å². The zero-order valence-corrected chi connectivity index (χ0v) is 22.4. The van der Waals surface area contributed by atoms with Crippen LogP contribution in [0.4, 0.5) is 0 Å². The number of benzene rings is 2. The Bertz CT molecular complexity index is 1040. The van der Waals surface area contributed by atoms with Gasteiger partial charge in [0.05, 0.1) is 17.7 Å². The molecule has 4 unspecified atom stereocenters. The minimum atomic E-state index is -0.265. The van der Waals surface area contributed by atoms with Gasteiger partial charge in [0.2, 0.25) is 0 Å². The third-order valence-corrected chi connectivity index (χ3v) is 7.54. The first-order valence-electron chi connectivity index (χ1n) is 12.1. The van der Waals surface area contributed by atoms with E-state index in [1.54, 1.807) is 0 Å². The first-order chi connectivity index (χ1) is 15.4. The molecule has 179 valence electrons. The van der Waals surface area contributed by atoms with Crippen molar-refractivity contribution in [3.63, 3.8) is 0 Å². The molecule has 2 saturated carbocycles. The Morgan fingerprint density at radius 2 is 1.67 bits per heavy atom. The molecule has 1 radical (unpaired) electrons. The summed E-state index contributed by atoms with van der Waals surface area (Å²) in [7, 11) is 0. The largest absolute Gasteiger partial charge is 0.392 e. The minimum Gasteiger partial charge on any atom is -0.392 e. The summed E-state index contributed by atoms with van der Waals surface area (Å²) in [5.74, 6) is 2.02. The summed E-state index contributed by atoms with van der Waals surface area (Å²) in [6, 6.07) is 21.8. The maximum atomic E-state index is 9.98. The molecule has 1 aromatic heterocycles. The van der Waals surface area contributed by atoms with Gasteiger partial charge in [-0.1, -0.05) is 52.0 Å². The van der Waals surface area contributed by atoms with E-state index in [9.17, 15) is 10.2 Å². The topological polar surface area (TPSA) is 53.4 Å². The fraction of sp³-hybridized carbons (Fsp3) is 0.483. The molecule has 5 rings (SSSR count). The van der Waals surface area contributed by atoms with Crippen molar-refractivity contribution in [3.05, 3.63) is 66.2 Å². The van der Waals surface area contributed by atoms with Crippen molar-refractivity contribution in [2.75, 3.05) is 0 Å².